The molecule has 1 heterocycles. The van der Waals surface area contributed by atoms with Gasteiger partial charge in [0.1, 0.15) is 5.60 Å². The van der Waals surface area contributed by atoms with Crippen LogP contribution in [0.15, 0.2) is 24.3 Å². The summed E-state index contributed by atoms with van der Waals surface area (Å²) < 4.78 is 33.6. The minimum atomic E-state index is -2.64. The zero-order valence-electron chi connectivity index (χ0n) is 17.1. The van der Waals surface area contributed by atoms with Crippen LogP contribution in [0.1, 0.15) is 52.6 Å². The number of benzene rings is 1. The number of amides is 1. The Morgan fingerprint density at radius 1 is 1.18 bits per heavy atom. The van der Waals surface area contributed by atoms with Crippen LogP contribution in [0.3, 0.4) is 0 Å². The van der Waals surface area contributed by atoms with Crippen LogP contribution in [-0.4, -0.2) is 52.6 Å². The molecule has 4 nitrogen and oxygen atoms in total. The zero-order valence-corrected chi connectivity index (χ0v) is 17.8. The van der Waals surface area contributed by atoms with Gasteiger partial charge in [-0.2, -0.15) is 0 Å². The van der Waals surface area contributed by atoms with Crippen LogP contribution in [-0.2, 0) is 4.74 Å². The van der Waals surface area contributed by atoms with E-state index in [2.05, 4.69) is 4.90 Å². The topological polar surface area (TPSA) is 32.8 Å². The fraction of sp³-hybridized carbons (Fsp3) is 0.667. The maximum Gasteiger partial charge on any atom is 0.410 e. The number of piperazine rings is 1. The largest absolute Gasteiger partial charge is 0.444 e. The molecule has 1 aromatic carbocycles. The first-order chi connectivity index (χ1) is 12.9. The van der Waals surface area contributed by atoms with Gasteiger partial charge in [-0.15, -0.1) is 0 Å². The third-order valence-corrected chi connectivity index (χ3v) is 5.74. The third kappa shape index (κ3) is 4.60. The van der Waals surface area contributed by atoms with Crippen LogP contribution in [0, 0.1) is 5.92 Å². The highest BCUT2D eigenvalue weighted by Gasteiger charge is 2.62. The molecular weight excluding hydrogens is 386 g/mol. The molecule has 4 atom stereocenters. The average molecular weight is 415 g/mol. The molecule has 1 saturated carbocycles. The highest BCUT2D eigenvalue weighted by molar-refractivity contribution is 6.30. The van der Waals surface area contributed by atoms with Gasteiger partial charge in [0, 0.05) is 48.6 Å². The second-order valence-corrected chi connectivity index (χ2v) is 9.53. The first-order valence-electron chi connectivity index (χ1n) is 9.78. The molecule has 1 amide bonds. The molecule has 0 bridgehead atoms. The fourth-order valence-corrected chi connectivity index (χ4v) is 4.13. The number of alkyl halides is 2. The van der Waals surface area contributed by atoms with Gasteiger partial charge in [-0.05, 0) is 52.3 Å². The van der Waals surface area contributed by atoms with E-state index in [0.29, 0.717) is 18.1 Å². The molecule has 3 rings (SSSR count). The van der Waals surface area contributed by atoms with Crippen LogP contribution < -0.4 is 0 Å². The van der Waals surface area contributed by atoms with Crippen LogP contribution >= 0.6 is 11.6 Å². The fourth-order valence-electron chi connectivity index (χ4n) is 4.01. The monoisotopic (exact) mass is 414 g/mol. The Morgan fingerprint density at radius 3 is 2.25 bits per heavy atom. The number of carbonyl (C=O) groups excluding carboxylic acids is 1. The number of hydrogen-bond donors (Lipinski definition) is 0. The summed E-state index contributed by atoms with van der Waals surface area (Å²) in [5.74, 6) is -3.35. The van der Waals surface area contributed by atoms with E-state index in [1.54, 1.807) is 17.0 Å². The zero-order chi connectivity index (χ0) is 20.9. The quantitative estimate of drug-likeness (QED) is 0.666. The molecule has 0 spiro atoms. The molecule has 28 heavy (non-hydrogen) atoms. The Labute approximate surface area is 170 Å². The van der Waals surface area contributed by atoms with Crippen LogP contribution in [0.2, 0.25) is 5.02 Å². The predicted molar refractivity (Wildman–Crippen MR) is 106 cm³/mol. The van der Waals surface area contributed by atoms with E-state index in [9.17, 15) is 13.6 Å². The minimum absolute atomic E-state index is 0.0687. The summed E-state index contributed by atoms with van der Waals surface area (Å²) in [6.45, 7) is 10.4. The van der Waals surface area contributed by atoms with E-state index >= 15 is 0 Å². The van der Waals surface area contributed by atoms with Gasteiger partial charge in [-0.3, -0.25) is 4.90 Å². The van der Waals surface area contributed by atoms with E-state index in [1.165, 1.54) is 0 Å². The molecule has 1 aliphatic carbocycles. The normalized spacial score (nSPS) is 28.7. The molecule has 156 valence electrons. The molecule has 2 fully saturated rings. The van der Waals surface area contributed by atoms with Crippen molar-refractivity contribution in [2.45, 2.75) is 70.7 Å². The number of halogens is 3. The second-order valence-electron chi connectivity index (χ2n) is 9.10. The van der Waals surface area contributed by atoms with E-state index in [0.717, 1.165) is 5.56 Å². The van der Waals surface area contributed by atoms with Gasteiger partial charge in [0.2, 0.25) is 0 Å². The molecular formula is C21H29ClF2N2O2. The Morgan fingerprint density at radius 2 is 1.75 bits per heavy atom. The molecule has 1 unspecified atom stereocenters. The summed E-state index contributed by atoms with van der Waals surface area (Å²) >= 11 is 5.99. The SMILES string of the molecule is C[C@@H]1CN(C(=O)OC(C)(C)C)[C@@H](C)CN1C(c1ccc(Cl)cc1)[C@H]1CC1(F)F. The van der Waals surface area contributed by atoms with Crippen LogP contribution in [0.5, 0.6) is 0 Å². The molecule has 0 radical (unpaired) electrons. The van der Waals surface area contributed by atoms with Crippen molar-refractivity contribution in [2.75, 3.05) is 13.1 Å². The number of rotatable bonds is 3. The number of hydrogen-bond acceptors (Lipinski definition) is 3. The maximum atomic E-state index is 14.0. The van der Waals surface area contributed by atoms with Crippen molar-refractivity contribution in [1.29, 1.82) is 0 Å². The van der Waals surface area contributed by atoms with Gasteiger partial charge in [-0.1, -0.05) is 23.7 Å². The van der Waals surface area contributed by atoms with Gasteiger partial charge in [0.05, 0.1) is 0 Å². The van der Waals surface area contributed by atoms with Crippen molar-refractivity contribution >= 4 is 17.7 Å². The van der Waals surface area contributed by atoms with E-state index in [-0.39, 0.29) is 24.6 Å². The van der Waals surface area contributed by atoms with Crippen molar-refractivity contribution in [2.24, 2.45) is 5.92 Å². The highest BCUT2D eigenvalue weighted by Crippen LogP contribution is 2.57. The summed E-state index contributed by atoms with van der Waals surface area (Å²) in [5, 5.41) is 0.584. The third-order valence-electron chi connectivity index (χ3n) is 5.49. The summed E-state index contributed by atoms with van der Waals surface area (Å²) in [7, 11) is 0. The van der Waals surface area contributed by atoms with E-state index in [1.807, 2.05) is 46.8 Å². The van der Waals surface area contributed by atoms with Crippen LogP contribution in [0.4, 0.5) is 13.6 Å². The average Bonchev–Trinajstić information content (AvgIpc) is 3.18. The van der Waals surface area contributed by atoms with Crippen molar-refractivity contribution in [3.05, 3.63) is 34.9 Å². The first kappa shape index (κ1) is 21.3. The molecule has 7 heteroatoms. The minimum Gasteiger partial charge on any atom is -0.444 e. The van der Waals surface area contributed by atoms with Crippen molar-refractivity contribution in [1.82, 2.24) is 9.80 Å². The van der Waals surface area contributed by atoms with Crippen molar-refractivity contribution in [3.8, 4) is 0 Å². The molecule has 1 aromatic rings. The van der Waals surface area contributed by atoms with Gasteiger partial charge >= 0.3 is 6.09 Å². The lowest BCUT2D eigenvalue weighted by atomic mass is 9.96. The lowest BCUT2D eigenvalue weighted by Gasteiger charge is -2.47. The van der Waals surface area contributed by atoms with E-state index < -0.39 is 23.5 Å². The lowest BCUT2D eigenvalue weighted by molar-refractivity contribution is -0.0303. The van der Waals surface area contributed by atoms with Gasteiger partial charge in [-0.25, -0.2) is 13.6 Å². The smallest absolute Gasteiger partial charge is 0.410 e. The highest BCUT2D eigenvalue weighted by atomic mass is 35.5. The van der Waals surface area contributed by atoms with Crippen LogP contribution in [0.25, 0.3) is 0 Å². The number of nitrogens with zero attached hydrogens (tertiary/aromatic N) is 2. The Bertz CT molecular complexity index is 720. The Hall–Kier alpha value is -1.40. The Balaban J connectivity index is 1.81. The second kappa shape index (κ2) is 7.45. The van der Waals surface area contributed by atoms with Gasteiger partial charge in [0.15, 0.2) is 0 Å². The predicted octanol–water partition coefficient (Wildman–Crippen LogP) is 5.37. The summed E-state index contributed by atoms with van der Waals surface area (Å²) in [6.07, 6.45) is -0.459. The first-order valence-corrected chi connectivity index (χ1v) is 10.2. The summed E-state index contributed by atoms with van der Waals surface area (Å²) in [5.41, 5.74) is 0.273. The van der Waals surface area contributed by atoms with Gasteiger partial charge < -0.3 is 9.64 Å². The molecule has 1 saturated heterocycles. The summed E-state index contributed by atoms with van der Waals surface area (Å²) in [6, 6.07) is 6.56. The molecule has 1 aliphatic heterocycles. The molecule has 0 aromatic heterocycles. The molecule has 0 N–H and O–H groups in total. The maximum absolute atomic E-state index is 14.0. The van der Waals surface area contributed by atoms with E-state index in [4.69, 9.17) is 16.3 Å². The van der Waals surface area contributed by atoms with Crippen molar-refractivity contribution < 1.29 is 18.3 Å². The number of ether oxygens (including phenoxy) is 1. The lowest BCUT2D eigenvalue weighted by Crippen LogP contribution is -2.59. The van der Waals surface area contributed by atoms with Gasteiger partial charge in [0.25, 0.3) is 5.92 Å². The number of carbonyl (C=O) groups is 1. The standard InChI is InChI=1S/C21H29ClF2N2O2/c1-13-12-26(19(27)28-20(3,4)5)14(2)11-25(13)18(17-10-21(17,23)24)15-6-8-16(22)9-7-15/h6-9,13-14,17-18H,10-12H2,1-5H3/t13-,14+,17-,18?/m1/s1. The Kier molecular flexibility index (Phi) is 5.67. The van der Waals surface area contributed by atoms with Crippen molar-refractivity contribution in [3.63, 3.8) is 0 Å². The summed E-state index contributed by atoms with van der Waals surface area (Å²) in [4.78, 5) is 16.4. The molecule has 2 aliphatic rings.